The molecule has 1 aliphatic carbocycles. The highest BCUT2D eigenvalue weighted by atomic mass is 35.5. The Morgan fingerprint density at radius 3 is 2.74 bits per heavy atom. The Bertz CT molecular complexity index is 684. The van der Waals surface area contributed by atoms with Gasteiger partial charge in [0, 0.05) is 24.7 Å². The molecule has 23 heavy (non-hydrogen) atoms. The van der Waals surface area contributed by atoms with E-state index >= 15 is 0 Å². The molecule has 1 saturated heterocycles. The molecule has 2 heterocycles. The van der Waals surface area contributed by atoms with Gasteiger partial charge in [0.1, 0.15) is 0 Å². The predicted molar refractivity (Wildman–Crippen MR) is 86.8 cm³/mol. The molecule has 0 spiro atoms. The number of halogens is 2. The molecule has 124 valence electrons. The van der Waals surface area contributed by atoms with Crippen molar-refractivity contribution in [3.63, 3.8) is 0 Å². The molecule has 2 aliphatic rings. The lowest BCUT2D eigenvalue weighted by Crippen LogP contribution is -2.45. The largest absolute Gasteiger partial charge is 0.465 e. The standard InChI is InChI=1S/C17H20ClFN2O2/c1-17(2,3)14-12-5-9(4-11(12)8-21(14)16(22)23)10-6-13(19)15(18)20-7-10/h5-7,11-12,14H,4,8H2,1-3H3,(H,22,23). The molecule has 1 aliphatic heterocycles. The summed E-state index contributed by atoms with van der Waals surface area (Å²) < 4.78 is 13.6. The van der Waals surface area contributed by atoms with E-state index in [1.165, 1.54) is 6.07 Å². The molecular weight excluding hydrogens is 319 g/mol. The van der Waals surface area contributed by atoms with Gasteiger partial charge in [-0.3, -0.25) is 0 Å². The van der Waals surface area contributed by atoms with Gasteiger partial charge in [-0.1, -0.05) is 38.4 Å². The van der Waals surface area contributed by atoms with Gasteiger partial charge in [-0.25, -0.2) is 14.2 Å². The maximum atomic E-state index is 13.6. The van der Waals surface area contributed by atoms with Crippen LogP contribution in [-0.4, -0.2) is 33.7 Å². The molecule has 4 nitrogen and oxygen atoms in total. The van der Waals surface area contributed by atoms with Gasteiger partial charge >= 0.3 is 6.09 Å². The maximum absolute atomic E-state index is 13.6. The number of hydrogen-bond acceptors (Lipinski definition) is 2. The molecule has 1 fully saturated rings. The van der Waals surface area contributed by atoms with E-state index in [1.54, 1.807) is 11.1 Å². The van der Waals surface area contributed by atoms with Crippen LogP contribution in [0.1, 0.15) is 32.8 Å². The second-order valence-electron chi connectivity index (χ2n) is 7.48. The Hall–Kier alpha value is -1.62. The Morgan fingerprint density at radius 2 is 2.17 bits per heavy atom. The quantitative estimate of drug-likeness (QED) is 0.777. The lowest BCUT2D eigenvalue weighted by atomic mass is 9.78. The van der Waals surface area contributed by atoms with Gasteiger partial charge in [-0.15, -0.1) is 0 Å². The zero-order chi connectivity index (χ0) is 16.9. The zero-order valence-electron chi connectivity index (χ0n) is 13.4. The summed E-state index contributed by atoms with van der Waals surface area (Å²) in [6, 6.07) is 1.33. The van der Waals surface area contributed by atoms with Crippen LogP contribution in [-0.2, 0) is 0 Å². The Kier molecular flexibility index (Phi) is 3.87. The van der Waals surface area contributed by atoms with Crippen LogP contribution in [0.5, 0.6) is 0 Å². The first-order valence-electron chi connectivity index (χ1n) is 7.70. The van der Waals surface area contributed by atoms with E-state index in [9.17, 15) is 14.3 Å². The molecule has 3 unspecified atom stereocenters. The molecule has 3 rings (SSSR count). The first-order valence-corrected chi connectivity index (χ1v) is 8.08. The summed E-state index contributed by atoms with van der Waals surface area (Å²) in [7, 11) is 0. The molecule has 0 bridgehead atoms. The van der Waals surface area contributed by atoms with Gasteiger partial charge in [0.15, 0.2) is 11.0 Å². The third-order valence-corrected chi connectivity index (χ3v) is 5.13. The lowest BCUT2D eigenvalue weighted by molar-refractivity contribution is 0.0978. The Labute approximate surface area is 140 Å². The van der Waals surface area contributed by atoms with Crippen LogP contribution in [0.3, 0.4) is 0 Å². The lowest BCUT2D eigenvalue weighted by Gasteiger charge is -2.36. The number of nitrogens with zero attached hydrogens (tertiary/aromatic N) is 2. The third kappa shape index (κ3) is 2.82. The fourth-order valence-corrected chi connectivity index (χ4v) is 4.12. The first-order chi connectivity index (χ1) is 10.7. The number of likely N-dealkylation sites (tertiary alicyclic amines) is 1. The van der Waals surface area contributed by atoms with Crippen LogP contribution in [0.15, 0.2) is 18.3 Å². The van der Waals surface area contributed by atoms with Crippen LogP contribution in [0, 0.1) is 23.1 Å². The zero-order valence-corrected chi connectivity index (χ0v) is 14.1. The Balaban J connectivity index is 1.94. The smallest absolute Gasteiger partial charge is 0.407 e. The fourth-order valence-electron chi connectivity index (χ4n) is 4.02. The second kappa shape index (κ2) is 5.48. The van der Waals surface area contributed by atoms with Crippen molar-refractivity contribution in [3.05, 3.63) is 34.9 Å². The summed E-state index contributed by atoms with van der Waals surface area (Å²) in [5, 5.41) is 9.36. The van der Waals surface area contributed by atoms with Crippen molar-refractivity contribution < 1.29 is 14.3 Å². The number of amides is 1. The predicted octanol–water partition coefficient (Wildman–Crippen LogP) is 4.30. The highest BCUT2D eigenvalue weighted by molar-refractivity contribution is 6.29. The van der Waals surface area contributed by atoms with Crippen molar-refractivity contribution in [3.8, 4) is 0 Å². The van der Waals surface area contributed by atoms with Crippen molar-refractivity contribution in [1.82, 2.24) is 9.88 Å². The van der Waals surface area contributed by atoms with Crippen molar-refractivity contribution in [1.29, 1.82) is 0 Å². The van der Waals surface area contributed by atoms with Crippen LogP contribution >= 0.6 is 11.6 Å². The number of hydrogen-bond donors (Lipinski definition) is 1. The third-order valence-electron chi connectivity index (χ3n) is 4.85. The monoisotopic (exact) mass is 338 g/mol. The number of pyridine rings is 1. The van der Waals surface area contributed by atoms with Crippen molar-refractivity contribution in [2.24, 2.45) is 17.3 Å². The summed E-state index contributed by atoms with van der Waals surface area (Å²) in [6.07, 6.45) is 3.56. The second-order valence-corrected chi connectivity index (χ2v) is 7.83. The van der Waals surface area contributed by atoms with Crippen molar-refractivity contribution in [2.45, 2.75) is 33.2 Å². The summed E-state index contributed by atoms with van der Waals surface area (Å²) in [5.74, 6) is -0.134. The van der Waals surface area contributed by atoms with Crippen LogP contribution in [0.4, 0.5) is 9.18 Å². The number of carboxylic acid groups (broad SMARTS) is 1. The van der Waals surface area contributed by atoms with E-state index in [0.29, 0.717) is 6.54 Å². The van der Waals surface area contributed by atoms with Gasteiger partial charge in [0.25, 0.3) is 0 Å². The van der Waals surface area contributed by atoms with E-state index in [2.05, 4.69) is 31.8 Å². The minimum atomic E-state index is -0.867. The average molecular weight is 339 g/mol. The van der Waals surface area contributed by atoms with Crippen LogP contribution < -0.4 is 0 Å². The number of fused-ring (bicyclic) bond motifs is 1. The summed E-state index contributed by atoms with van der Waals surface area (Å²) in [4.78, 5) is 17.0. The van der Waals surface area contributed by atoms with Gasteiger partial charge in [0.05, 0.1) is 0 Å². The normalized spacial score (nSPS) is 27.1. The topological polar surface area (TPSA) is 53.4 Å². The molecular formula is C17H20ClFN2O2. The Morgan fingerprint density at radius 1 is 1.48 bits per heavy atom. The number of rotatable bonds is 1. The van der Waals surface area contributed by atoms with Gasteiger partial charge in [-0.05, 0) is 35.0 Å². The summed E-state index contributed by atoms with van der Waals surface area (Å²) in [6.45, 7) is 6.70. The molecule has 3 atom stereocenters. The van der Waals surface area contributed by atoms with E-state index in [4.69, 9.17) is 11.6 Å². The summed E-state index contributed by atoms with van der Waals surface area (Å²) >= 11 is 5.64. The molecule has 1 aromatic heterocycles. The van der Waals surface area contributed by atoms with Gasteiger partial charge < -0.3 is 10.0 Å². The van der Waals surface area contributed by atoms with E-state index in [1.807, 2.05) is 0 Å². The van der Waals surface area contributed by atoms with Crippen molar-refractivity contribution >= 4 is 23.3 Å². The minimum Gasteiger partial charge on any atom is -0.465 e. The number of allylic oxidation sites excluding steroid dienone is 1. The average Bonchev–Trinajstić information content (AvgIpc) is 2.97. The SMILES string of the molecule is CC(C)(C)C1C2C=C(c3cnc(Cl)c(F)c3)CC2CN1C(=O)O. The molecule has 0 saturated carbocycles. The summed E-state index contributed by atoms with van der Waals surface area (Å²) in [5.41, 5.74) is 1.60. The molecule has 1 N–H and O–H groups in total. The first kappa shape index (κ1) is 16.2. The van der Waals surface area contributed by atoms with Crippen molar-refractivity contribution in [2.75, 3.05) is 6.54 Å². The highest BCUT2D eigenvalue weighted by Gasteiger charge is 2.50. The molecule has 0 radical (unpaired) electrons. The maximum Gasteiger partial charge on any atom is 0.407 e. The number of carbonyl (C=O) groups is 1. The molecule has 1 aromatic rings. The molecule has 0 aromatic carbocycles. The van der Waals surface area contributed by atoms with Crippen LogP contribution in [0.2, 0.25) is 5.15 Å². The van der Waals surface area contributed by atoms with E-state index < -0.39 is 11.9 Å². The van der Waals surface area contributed by atoms with Gasteiger partial charge in [-0.2, -0.15) is 0 Å². The number of aromatic nitrogens is 1. The molecule has 1 amide bonds. The highest BCUT2D eigenvalue weighted by Crippen LogP contribution is 2.49. The van der Waals surface area contributed by atoms with Gasteiger partial charge in [0.2, 0.25) is 0 Å². The molecule has 6 heteroatoms. The minimum absolute atomic E-state index is 0.0763. The van der Waals surface area contributed by atoms with E-state index in [-0.39, 0.29) is 28.4 Å². The fraction of sp³-hybridized carbons (Fsp3) is 0.529. The van der Waals surface area contributed by atoms with E-state index in [0.717, 1.165) is 17.6 Å². The van der Waals surface area contributed by atoms with Crippen LogP contribution in [0.25, 0.3) is 5.57 Å².